The van der Waals surface area contributed by atoms with Crippen molar-refractivity contribution in [1.29, 1.82) is 0 Å². The van der Waals surface area contributed by atoms with E-state index < -0.39 is 22.9 Å². The molecule has 0 aromatic heterocycles. The maximum Gasteiger partial charge on any atom is 0.309 e. The van der Waals surface area contributed by atoms with Crippen molar-refractivity contribution in [1.82, 2.24) is 0 Å². The van der Waals surface area contributed by atoms with Gasteiger partial charge in [0.05, 0.1) is 11.5 Å². The van der Waals surface area contributed by atoms with E-state index in [0.717, 1.165) is 44.1 Å². The molecule has 5 fully saturated rings. The van der Waals surface area contributed by atoms with Gasteiger partial charge in [-0.3, -0.25) is 9.59 Å². The van der Waals surface area contributed by atoms with Crippen LogP contribution in [0, 0.1) is 56.7 Å². The second-order valence-corrected chi connectivity index (χ2v) is 14.4. The zero-order valence-corrected chi connectivity index (χ0v) is 22.2. The van der Waals surface area contributed by atoms with E-state index in [4.69, 9.17) is 0 Å². The average Bonchev–Trinajstić information content (AvgIpc) is 3.16. The minimum absolute atomic E-state index is 0.0319. The SMILES string of the molecule is C=C(C)[C@@H]1CC[C@]2(C(=O)O)CC[C@]3(C)[C@H](CC[C@@H]4[C@@]5(C)CCC(=O)C(C)(C)[C@@H]5C[C@H](O)[C@]43C)[C@@H]12. The number of carboxylic acid groups (broad SMARTS) is 1. The van der Waals surface area contributed by atoms with Crippen molar-refractivity contribution >= 4 is 11.8 Å². The second kappa shape index (κ2) is 7.20. The number of carbonyl (C=O) groups is 2. The molecule has 5 aliphatic carbocycles. The Morgan fingerprint density at radius 3 is 2.26 bits per heavy atom. The van der Waals surface area contributed by atoms with E-state index in [1.165, 1.54) is 0 Å². The molecule has 5 aliphatic rings. The number of Topliss-reactive ketones (excluding diaryl/α,β-unsaturated/α-hetero) is 1. The molecule has 5 saturated carbocycles. The third-order valence-electron chi connectivity index (χ3n) is 13.3. The van der Waals surface area contributed by atoms with Gasteiger partial charge in [0.15, 0.2) is 0 Å². The smallest absolute Gasteiger partial charge is 0.309 e. The summed E-state index contributed by atoms with van der Waals surface area (Å²) in [5.74, 6) is 0.951. The lowest BCUT2D eigenvalue weighted by molar-refractivity contribution is -0.271. The van der Waals surface area contributed by atoms with E-state index in [0.29, 0.717) is 31.0 Å². The molecule has 0 saturated heterocycles. The van der Waals surface area contributed by atoms with E-state index in [1.54, 1.807) is 0 Å². The summed E-state index contributed by atoms with van der Waals surface area (Å²) in [5.41, 5.74) is -0.254. The van der Waals surface area contributed by atoms with Gasteiger partial charge in [-0.25, -0.2) is 0 Å². The van der Waals surface area contributed by atoms with Gasteiger partial charge >= 0.3 is 5.97 Å². The van der Waals surface area contributed by atoms with E-state index in [2.05, 4.69) is 48.1 Å². The Labute approximate surface area is 206 Å². The first kappa shape index (κ1) is 24.5. The number of aliphatic carboxylic acids is 1. The Bertz CT molecular complexity index is 936. The lowest BCUT2D eigenvalue weighted by Gasteiger charge is -2.73. The molecule has 4 heteroatoms. The standard InChI is InChI=1S/C30H46O4/c1-17(2)18-10-13-30(25(33)34)15-14-28(6)19(24(18)30)8-9-20-27(5)12-11-22(31)26(3,4)21(27)16-23(32)29(20,28)7/h18-21,23-24,32H,1,8-16H2,2-7H3,(H,33,34)/t18-,19+,20+,21-,23-,24+,27+,28+,29-,30-/m0/s1. The normalized spacial score (nSPS) is 53.8. The zero-order chi connectivity index (χ0) is 25.1. The third-order valence-corrected chi connectivity index (χ3v) is 13.3. The van der Waals surface area contributed by atoms with Crippen LogP contribution >= 0.6 is 0 Å². The van der Waals surface area contributed by atoms with Gasteiger partial charge in [-0.15, -0.1) is 0 Å². The first-order valence-electron chi connectivity index (χ1n) is 13.8. The molecule has 2 N–H and O–H groups in total. The van der Waals surface area contributed by atoms with Gasteiger partial charge in [-0.05, 0) is 98.7 Å². The minimum atomic E-state index is -0.637. The molecule has 4 nitrogen and oxygen atoms in total. The van der Waals surface area contributed by atoms with Crippen LogP contribution in [0.4, 0.5) is 0 Å². The molecule has 0 unspecified atom stereocenters. The summed E-state index contributed by atoms with van der Waals surface area (Å²) in [5, 5.41) is 22.5. The molecule has 34 heavy (non-hydrogen) atoms. The number of carbonyl (C=O) groups excluding carboxylic acids is 1. The van der Waals surface area contributed by atoms with Crippen LogP contribution < -0.4 is 0 Å². The van der Waals surface area contributed by atoms with Crippen molar-refractivity contribution in [2.75, 3.05) is 0 Å². The van der Waals surface area contributed by atoms with Crippen LogP contribution in [0.3, 0.4) is 0 Å². The van der Waals surface area contributed by atoms with E-state index in [-0.39, 0.29) is 39.9 Å². The van der Waals surface area contributed by atoms with Crippen LogP contribution in [0.15, 0.2) is 12.2 Å². The summed E-state index contributed by atoms with van der Waals surface area (Å²) in [7, 11) is 0. The van der Waals surface area contributed by atoms with E-state index >= 15 is 0 Å². The third kappa shape index (κ3) is 2.65. The van der Waals surface area contributed by atoms with Crippen LogP contribution in [0.25, 0.3) is 0 Å². The van der Waals surface area contributed by atoms with Gasteiger partial charge in [-0.2, -0.15) is 0 Å². The number of aliphatic hydroxyl groups is 1. The molecule has 10 atom stereocenters. The number of fused-ring (bicyclic) bond motifs is 7. The Morgan fingerprint density at radius 2 is 1.65 bits per heavy atom. The zero-order valence-electron chi connectivity index (χ0n) is 22.2. The van der Waals surface area contributed by atoms with Crippen molar-refractivity contribution in [2.24, 2.45) is 56.7 Å². The van der Waals surface area contributed by atoms with Gasteiger partial charge in [0.1, 0.15) is 5.78 Å². The molecular weight excluding hydrogens is 424 g/mol. The van der Waals surface area contributed by atoms with E-state index in [9.17, 15) is 19.8 Å². The highest BCUT2D eigenvalue weighted by atomic mass is 16.4. The van der Waals surface area contributed by atoms with Crippen molar-refractivity contribution in [3.63, 3.8) is 0 Å². The highest BCUT2D eigenvalue weighted by molar-refractivity contribution is 5.85. The summed E-state index contributed by atoms with van der Waals surface area (Å²) < 4.78 is 0. The summed E-state index contributed by atoms with van der Waals surface area (Å²) in [6, 6.07) is 0. The maximum atomic E-state index is 12.9. The van der Waals surface area contributed by atoms with Crippen molar-refractivity contribution in [3.05, 3.63) is 12.2 Å². The highest BCUT2D eigenvalue weighted by Crippen LogP contribution is 2.77. The number of hydrogen-bond acceptors (Lipinski definition) is 3. The molecule has 0 radical (unpaired) electrons. The molecule has 0 aromatic carbocycles. The van der Waals surface area contributed by atoms with Crippen LogP contribution in [0.2, 0.25) is 0 Å². The van der Waals surface area contributed by atoms with E-state index in [1.807, 2.05) is 0 Å². The molecule has 0 amide bonds. The van der Waals surface area contributed by atoms with Crippen molar-refractivity contribution in [3.8, 4) is 0 Å². The number of rotatable bonds is 2. The number of hydrogen-bond donors (Lipinski definition) is 2. The highest BCUT2D eigenvalue weighted by Gasteiger charge is 2.74. The van der Waals surface area contributed by atoms with Gasteiger partial charge in [0.25, 0.3) is 0 Å². The number of ketones is 1. The summed E-state index contributed by atoms with van der Waals surface area (Å²) >= 11 is 0. The maximum absolute atomic E-state index is 12.9. The summed E-state index contributed by atoms with van der Waals surface area (Å²) in [6.45, 7) is 17.8. The Kier molecular flexibility index (Phi) is 5.20. The quantitative estimate of drug-likeness (QED) is 0.467. The van der Waals surface area contributed by atoms with Crippen LogP contribution in [-0.4, -0.2) is 28.1 Å². The lowest BCUT2D eigenvalue weighted by Crippen LogP contribution is -2.70. The molecular formula is C30H46O4. The predicted molar refractivity (Wildman–Crippen MR) is 133 cm³/mol. The lowest BCUT2D eigenvalue weighted by atomic mass is 9.31. The molecule has 5 rings (SSSR count). The number of aliphatic hydroxyl groups excluding tert-OH is 1. The fourth-order valence-electron chi connectivity index (χ4n) is 11.3. The van der Waals surface area contributed by atoms with Gasteiger partial charge in [0.2, 0.25) is 0 Å². The first-order chi connectivity index (χ1) is 15.7. The Morgan fingerprint density at radius 1 is 0.971 bits per heavy atom. The Hall–Kier alpha value is -1.16. The Balaban J connectivity index is 1.61. The van der Waals surface area contributed by atoms with Crippen LogP contribution in [-0.2, 0) is 9.59 Å². The molecule has 0 aromatic rings. The fourth-order valence-corrected chi connectivity index (χ4v) is 11.3. The topological polar surface area (TPSA) is 74.6 Å². The van der Waals surface area contributed by atoms with Crippen molar-refractivity contribution < 1.29 is 19.8 Å². The van der Waals surface area contributed by atoms with Crippen LogP contribution in [0.5, 0.6) is 0 Å². The fraction of sp³-hybridized carbons (Fsp3) is 0.867. The molecule has 0 aliphatic heterocycles. The largest absolute Gasteiger partial charge is 0.481 e. The summed E-state index contributed by atoms with van der Waals surface area (Å²) in [6.07, 6.45) is 7.12. The van der Waals surface area contributed by atoms with Gasteiger partial charge in [-0.1, -0.05) is 46.8 Å². The average molecular weight is 471 g/mol. The van der Waals surface area contributed by atoms with Crippen molar-refractivity contribution in [2.45, 2.75) is 105 Å². The predicted octanol–water partition coefficient (Wildman–Crippen LogP) is 6.27. The molecule has 0 spiro atoms. The number of carboxylic acids is 1. The monoisotopic (exact) mass is 470 g/mol. The molecule has 190 valence electrons. The molecule has 0 bridgehead atoms. The second-order valence-electron chi connectivity index (χ2n) is 14.4. The minimum Gasteiger partial charge on any atom is -0.481 e. The van der Waals surface area contributed by atoms with Gasteiger partial charge in [0, 0.05) is 17.3 Å². The summed E-state index contributed by atoms with van der Waals surface area (Å²) in [4.78, 5) is 25.7. The molecule has 0 heterocycles. The first-order valence-corrected chi connectivity index (χ1v) is 13.8. The number of allylic oxidation sites excluding steroid dienone is 1. The van der Waals surface area contributed by atoms with Gasteiger partial charge < -0.3 is 10.2 Å². The van der Waals surface area contributed by atoms with Crippen LogP contribution in [0.1, 0.15) is 99.3 Å².